The third-order valence-corrected chi connectivity index (χ3v) is 6.79. The van der Waals surface area contributed by atoms with Crippen molar-refractivity contribution in [2.24, 2.45) is 5.92 Å². The van der Waals surface area contributed by atoms with Gasteiger partial charge >= 0.3 is 0 Å². The summed E-state index contributed by atoms with van der Waals surface area (Å²) in [5.41, 5.74) is 3.48. The molecule has 0 saturated carbocycles. The van der Waals surface area contributed by atoms with Gasteiger partial charge in [0.2, 0.25) is 11.7 Å². The van der Waals surface area contributed by atoms with Crippen LogP contribution in [0, 0.1) is 5.92 Å². The van der Waals surface area contributed by atoms with Crippen LogP contribution < -0.4 is 10.6 Å². The van der Waals surface area contributed by atoms with E-state index >= 15 is 0 Å². The predicted octanol–water partition coefficient (Wildman–Crippen LogP) is 6.60. The first-order valence-corrected chi connectivity index (χ1v) is 15.5. The largest absolute Gasteiger partial charge is 0.395 e. The maximum atomic E-state index is 11.3. The molecule has 0 aliphatic heterocycles. The lowest BCUT2D eigenvalue weighted by molar-refractivity contribution is -0.114. The SMILES string of the molecule is CC.CCCN(CCO)CC[C@H](C)CC.CCc1ccn2nc(-c3ccccn3)nc(Nc3ccnc(NC(C)=O)c3)c12. The van der Waals surface area contributed by atoms with E-state index in [1.807, 2.05) is 54.9 Å². The zero-order valence-electron chi connectivity index (χ0n) is 27.0. The van der Waals surface area contributed by atoms with Gasteiger partial charge in [-0.25, -0.2) is 14.5 Å². The van der Waals surface area contributed by atoms with Crippen molar-refractivity contribution in [3.8, 4) is 11.5 Å². The van der Waals surface area contributed by atoms with E-state index in [0.717, 1.165) is 48.7 Å². The van der Waals surface area contributed by atoms with E-state index in [1.54, 1.807) is 18.5 Å². The molecule has 4 aromatic rings. The molecule has 10 nitrogen and oxygen atoms in total. The average molecular weight is 591 g/mol. The van der Waals surface area contributed by atoms with Gasteiger partial charge in [0.05, 0.1) is 6.61 Å². The molecule has 10 heteroatoms. The number of aromatic nitrogens is 5. The summed E-state index contributed by atoms with van der Waals surface area (Å²) in [5, 5.41) is 19.5. The molecule has 0 saturated heterocycles. The van der Waals surface area contributed by atoms with Crippen LogP contribution in [0.3, 0.4) is 0 Å². The lowest BCUT2D eigenvalue weighted by Gasteiger charge is -2.21. The summed E-state index contributed by atoms with van der Waals surface area (Å²) in [6.45, 7) is 17.7. The van der Waals surface area contributed by atoms with Crippen molar-refractivity contribution in [3.63, 3.8) is 0 Å². The number of nitrogens with zero attached hydrogens (tertiary/aromatic N) is 6. The quantitative estimate of drug-likeness (QED) is 0.159. The summed E-state index contributed by atoms with van der Waals surface area (Å²) in [5.74, 6) is 2.30. The maximum Gasteiger partial charge on any atom is 0.222 e. The Balaban J connectivity index is 0.000000365. The Hall–Kier alpha value is -3.89. The number of fused-ring (bicyclic) bond motifs is 1. The summed E-state index contributed by atoms with van der Waals surface area (Å²) in [4.78, 5) is 26.9. The van der Waals surface area contributed by atoms with Crippen LogP contribution in [0.25, 0.3) is 17.0 Å². The third kappa shape index (κ3) is 11.4. The van der Waals surface area contributed by atoms with Gasteiger partial charge in [-0.3, -0.25) is 9.78 Å². The number of carbonyl (C=O) groups excluding carboxylic acids is 1. The second-order valence-corrected chi connectivity index (χ2v) is 10.1. The van der Waals surface area contributed by atoms with Crippen LogP contribution in [-0.4, -0.2) is 66.7 Å². The number of aliphatic hydroxyl groups is 1. The molecular formula is C33H50N8O2. The molecular weight excluding hydrogens is 540 g/mol. The molecule has 3 N–H and O–H groups in total. The van der Waals surface area contributed by atoms with E-state index in [2.05, 4.69) is 58.3 Å². The summed E-state index contributed by atoms with van der Waals surface area (Å²) in [7, 11) is 0. The van der Waals surface area contributed by atoms with Crippen LogP contribution in [0.4, 0.5) is 17.3 Å². The zero-order valence-corrected chi connectivity index (χ0v) is 27.0. The lowest BCUT2D eigenvalue weighted by Crippen LogP contribution is -2.29. The molecule has 43 heavy (non-hydrogen) atoms. The summed E-state index contributed by atoms with van der Waals surface area (Å²) >= 11 is 0. The molecule has 1 amide bonds. The molecule has 0 bridgehead atoms. The second-order valence-electron chi connectivity index (χ2n) is 10.1. The van der Waals surface area contributed by atoms with E-state index in [-0.39, 0.29) is 5.91 Å². The monoisotopic (exact) mass is 590 g/mol. The fraction of sp³-hybridized carbons (Fsp3) is 0.485. The van der Waals surface area contributed by atoms with Crippen LogP contribution in [0.2, 0.25) is 0 Å². The van der Waals surface area contributed by atoms with Gasteiger partial charge in [0.25, 0.3) is 0 Å². The number of aryl methyl sites for hydroxylation is 1. The van der Waals surface area contributed by atoms with Gasteiger partial charge < -0.3 is 20.6 Å². The zero-order chi connectivity index (χ0) is 31.6. The Morgan fingerprint density at radius 3 is 2.47 bits per heavy atom. The van der Waals surface area contributed by atoms with Gasteiger partial charge in [-0.05, 0) is 68.1 Å². The standard InChI is InChI=1S/C20H19N7O.C11H25NO.C2H6/c1-3-14-8-11-27-18(14)20(25-19(26-27)16-6-4-5-9-21-16)24-15-7-10-22-17(12-15)23-13(2)28;1-4-7-12(9-10-13)8-6-11(3)5-2;1-2/h4-12H,3H2,1-2H3,(H2,22,23,24,25,26,28);11,13H,4-10H2,1-3H3;1-2H3/t;11-;/m.1./s1. The Kier molecular flexibility index (Phi) is 15.9. The number of nitrogens with one attached hydrogen (secondary N) is 2. The maximum absolute atomic E-state index is 11.3. The predicted molar refractivity (Wildman–Crippen MR) is 177 cm³/mol. The molecule has 0 radical (unpaired) electrons. The second kappa shape index (κ2) is 19.3. The first kappa shape index (κ1) is 35.3. The van der Waals surface area contributed by atoms with E-state index in [4.69, 9.17) is 10.1 Å². The smallest absolute Gasteiger partial charge is 0.222 e. The van der Waals surface area contributed by atoms with Gasteiger partial charge in [-0.2, -0.15) is 0 Å². The fourth-order valence-electron chi connectivity index (χ4n) is 4.36. The Bertz CT molecular complexity index is 1350. The number of pyridine rings is 2. The first-order valence-electron chi connectivity index (χ1n) is 15.5. The highest BCUT2D eigenvalue weighted by Gasteiger charge is 2.14. The van der Waals surface area contributed by atoms with Crippen LogP contribution in [-0.2, 0) is 11.2 Å². The molecule has 0 spiro atoms. The number of amides is 1. The van der Waals surface area contributed by atoms with Crippen molar-refractivity contribution < 1.29 is 9.90 Å². The molecule has 4 aromatic heterocycles. The molecule has 4 rings (SSSR count). The Labute approximate surface area is 257 Å². The molecule has 0 aromatic carbocycles. The van der Waals surface area contributed by atoms with Crippen molar-refractivity contribution in [3.05, 3.63) is 60.6 Å². The molecule has 0 unspecified atom stereocenters. The summed E-state index contributed by atoms with van der Waals surface area (Å²) in [6, 6.07) is 11.2. The first-order chi connectivity index (χ1) is 20.9. The van der Waals surface area contributed by atoms with Crippen molar-refractivity contribution in [2.75, 3.05) is 36.9 Å². The average Bonchev–Trinajstić information content (AvgIpc) is 3.45. The third-order valence-electron chi connectivity index (χ3n) is 6.79. The minimum atomic E-state index is -0.175. The Morgan fingerprint density at radius 1 is 1.05 bits per heavy atom. The van der Waals surface area contributed by atoms with Gasteiger partial charge in [0.1, 0.15) is 17.0 Å². The number of rotatable bonds is 13. The minimum absolute atomic E-state index is 0.175. The van der Waals surface area contributed by atoms with E-state index in [1.165, 1.54) is 26.2 Å². The van der Waals surface area contributed by atoms with Gasteiger partial charge in [0.15, 0.2) is 5.82 Å². The minimum Gasteiger partial charge on any atom is -0.395 e. The topological polar surface area (TPSA) is 121 Å². The highest BCUT2D eigenvalue weighted by molar-refractivity contribution is 5.88. The Morgan fingerprint density at radius 2 is 1.84 bits per heavy atom. The van der Waals surface area contributed by atoms with Crippen LogP contribution in [0.1, 0.15) is 73.3 Å². The van der Waals surface area contributed by atoms with Crippen LogP contribution >= 0.6 is 0 Å². The number of aliphatic hydroxyl groups excluding tert-OH is 1. The molecule has 1 atom stereocenters. The highest BCUT2D eigenvalue weighted by Crippen LogP contribution is 2.27. The van der Waals surface area contributed by atoms with Crippen LogP contribution in [0.15, 0.2) is 55.0 Å². The van der Waals surface area contributed by atoms with Crippen molar-refractivity contribution >= 4 is 28.7 Å². The highest BCUT2D eigenvalue weighted by atomic mass is 16.3. The van der Waals surface area contributed by atoms with E-state index < -0.39 is 0 Å². The van der Waals surface area contributed by atoms with Gasteiger partial charge in [-0.15, -0.1) is 5.10 Å². The summed E-state index contributed by atoms with van der Waals surface area (Å²) < 4.78 is 1.81. The molecule has 0 fully saturated rings. The molecule has 234 valence electrons. The normalized spacial score (nSPS) is 11.3. The van der Waals surface area contributed by atoms with Crippen LogP contribution in [0.5, 0.6) is 0 Å². The molecule has 4 heterocycles. The number of anilines is 3. The lowest BCUT2D eigenvalue weighted by atomic mass is 10.1. The van der Waals surface area contributed by atoms with Crippen molar-refractivity contribution in [2.45, 2.75) is 74.1 Å². The van der Waals surface area contributed by atoms with Crippen molar-refractivity contribution in [1.82, 2.24) is 29.5 Å². The number of carbonyl (C=O) groups is 1. The summed E-state index contributed by atoms with van der Waals surface area (Å²) in [6.07, 6.45) is 9.82. The van der Waals surface area contributed by atoms with Gasteiger partial charge in [0, 0.05) is 43.8 Å². The fourth-order valence-corrected chi connectivity index (χ4v) is 4.36. The number of hydrogen-bond donors (Lipinski definition) is 3. The van der Waals surface area contributed by atoms with Gasteiger partial charge in [-0.1, -0.05) is 54.0 Å². The number of hydrogen-bond acceptors (Lipinski definition) is 8. The van der Waals surface area contributed by atoms with E-state index in [0.29, 0.717) is 29.8 Å². The molecule has 0 aliphatic carbocycles. The van der Waals surface area contributed by atoms with Crippen molar-refractivity contribution in [1.29, 1.82) is 0 Å². The molecule has 0 aliphatic rings. The van der Waals surface area contributed by atoms with E-state index in [9.17, 15) is 4.79 Å².